The number of halogens is 2. The molecule has 0 spiro atoms. The van der Waals surface area contributed by atoms with Gasteiger partial charge in [-0.05, 0) is 0 Å². The van der Waals surface area contributed by atoms with E-state index in [0.29, 0.717) is 15.5 Å². The smallest absolute Gasteiger partial charge is 1.00 e. The Labute approximate surface area is 355 Å². The molecule has 0 heterocycles. The van der Waals surface area contributed by atoms with Crippen LogP contribution in [0.3, 0.4) is 0 Å². The van der Waals surface area contributed by atoms with Gasteiger partial charge in [0, 0.05) is 0 Å². The summed E-state index contributed by atoms with van der Waals surface area (Å²) in [7, 11) is 0. The Bertz CT molecular complexity index is 2250. The van der Waals surface area contributed by atoms with E-state index in [9.17, 15) is 0 Å². The van der Waals surface area contributed by atoms with Gasteiger partial charge in [0.05, 0.1) is 0 Å². The van der Waals surface area contributed by atoms with E-state index in [0.717, 1.165) is 38.5 Å². The van der Waals surface area contributed by atoms with E-state index in [1.807, 2.05) is 0 Å². The van der Waals surface area contributed by atoms with Gasteiger partial charge in [-0.1, -0.05) is 0 Å². The van der Waals surface area contributed by atoms with Crippen LogP contribution in [-0.2, 0) is 59.8 Å². The average molecular weight is 851 g/mol. The van der Waals surface area contributed by atoms with Crippen molar-refractivity contribution in [2.24, 2.45) is 11.8 Å². The van der Waals surface area contributed by atoms with Crippen molar-refractivity contribution in [2.45, 2.75) is 62.9 Å². The van der Waals surface area contributed by atoms with E-state index < -0.39 is 21.3 Å². The third kappa shape index (κ3) is 9.63. The normalized spacial score (nSPS) is 13.5. The molecule has 0 saturated heterocycles. The first-order valence-corrected chi connectivity index (χ1v) is 23.9. The number of hydrogen-bond donors (Lipinski definition) is 0. The first-order chi connectivity index (χ1) is 26.5. The predicted molar refractivity (Wildman–Crippen MR) is 228 cm³/mol. The molecule has 2 atom stereocenters. The van der Waals surface area contributed by atoms with Crippen molar-refractivity contribution in [3.8, 4) is 11.1 Å². The van der Waals surface area contributed by atoms with Crippen molar-refractivity contribution < 1.29 is 46.1 Å². The number of allylic oxidation sites excluding steroid dienone is 4. The summed E-state index contributed by atoms with van der Waals surface area (Å²) < 4.78 is 4.10. The summed E-state index contributed by atoms with van der Waals surface area (Å²) in [4.78, 5) is 0. The molecule has 0 bridgehead atoms. The van der Waals surface area contributed by atoms with Crippen LogP contribution < -0.4 is 28.1 Å². The van der Waals surface area contributed by atoms with Crippen molar-refractivity contribution in [2.75, 3.05) is 0 Å². The van der Waals surface area contributed by atoms with Crippen molar-refractivity contribution in [3.05, 3.63) is 220 Å². The van der Waals surface area contributed by atoms with Crippen LogP contribution in [0.25, 0.3) is 11.1 Å². The summed E-state index contributed by atoms with van der Waals surface area (Å²) in [6.07, 6.45) is 16.1. The van der Waals surface area contributed by atoms with Crippen LogP contribution in [-0.4, -0.2) is 3.21 Å². The molecule has 0 N–H and O–H groups in total. The Kier molecular flexibility index (Phi) is 14.6. The molecular formula is C53H52Cl2Zr. The van der Waals surface area contributed by atoms with E-state index >= 15 is 0 Å². The maximum absolute atomic E-state index is 2.67. The van der Waals surface area contributed by atoms with Crippen LogP contribution in [0.2, 0.25) is 3.63 Å². The number of benzene rings is 6. The van der Waals surface area contributed by atoms with E-state index in [1.165, 1.54) is 50.1 Å². The van der Waals surface area contributed by atoms with Gasteiger partial charge in [0.25, 0.3) is 0 Å². The SMILES string of the molecule is Cc1cc2c(cc1Cc1ccccc1)-c1ccc(CC(C)C(C)Cc3ccccc3)[c]([Zr+2](=[C](Cc3ccccc3)Cc3ccccc3)[CH]3C=CC=C3)c1C2.[Cl-].[Cl-]. The number of fused-ring (bicyclic) bond motifs is 3. The van der Waals surface area contributed by atoms with Gasteiger partial charge in [-0.15, -0.1) is 0 Å². The van der Waals surface area contributed by atoms with Crippen molar-refractivity contribution in [3.63, 3.8) is 0 Å². The summed E-state index contributed by atoms with van der Waals surface area (Å²) in [5.41, 5.74) is 16.3. The van der Waals surface area contributed by atoms with Gasteiger partial charge in [0.1, 0.15) is 0 Å². The fraction of sp³-hybridized carbons (Fsp3) is 0.226. The van der Waals surface area contributed by atoms with Crippen molar-refractivity contribution in [1.82, 2.24) is 0 Å². The molecule has 0 saturated carbocycles. The van der Waals surface area contributed by atoms with Crippen LogP contribution >= 0.6 is 0 Å². The third-order valence-electron chi connectivity index (χ3n) is 12.0. The summed E-state index contributed by atoms with van der Waals surface area (Å²) >= 11 is -2.67. The Morgan fingerprint density at radius 2 is 1.09 bits per heavy atom. The van der Waals surface area contributed by atoms with Gasteiger partial charge in [0.15, 0.2) is 0 Å². The molecule has 282 valence electrons. The minimum atomic E-state index is -2.67. The molecule has 0 aromatic heterocycles. The number of rotatable bonds is 13. The molecule has 3 heteroatoms. The topological polar surface area (TPSA) is 0 Å². The maximum atomic E-state index is 2.58. The van der Waals surface area contributed by atoms with Crippen LogP contribution in [0.4, 0.5) is 0 Å². The van der Waals surface area contributed by atoms with Crippen LogP contribution in [0.5, 0.6) is 0 Å². The molecule has 0 nitrogen and oxygen atoms in total. The van der Waals surface area contributed by atoms with Gasteiger partial charge in [-0.3, -0.25) is 0 Å². The predicted octanol–water partition coefficient (Wildman–Crippen LogP) is 6.04. The van der Waals surface area contributed by atoms with Gasteiger partial charge in [-0.2, -0.15) is 0 Å². The van der Waals surface area contributed by atoms with E-state index in [2.05, 4.69) is 191 Å². The molecule has 56 heavy (non-hydrogen) atoms. The maximum Gasteiger partial charge on any atom is -1.00 e. The fourth-order valence-electron chi connectivity index (χ4n) is 8.92. The minimum Gasteiger partial charge on any atom is -1.00 e. The second-order valence-electron chi connectivity index (χ2n) is 15.9. The quantitative estimate of drug-likeness (QED) is 0.133. The zero-order valence-corrected chi connectivity index (χ0v) is 36.9. The Morgan fingerprint density at radius 3 is 1.66 bits per heavy atom. The Morgan fingerprint density at radius 1 is 0.571 bits per heavy atom. The number of hydrogen-bond acceptors (Lipinski definition) is 0. The molecule has 0 amide bonds. The average Bonchev–Trinajstić information content (AvgIpc) is 3.86. The molecule has 6 aromatic carbocycles. The van der Waals surface area contributed by atoms with E-state index in [1.54, 1.807) is 17.6 Å². The summed E-state index contributed by atoms with van der Waals surface area (Å²) in [6, 6.07) is 54.9. The van der Waals surface area contributed by atoms with Crippen LogP contribution in [0, 0.1) is 18.8 Å². The zero-order valence-electron chi connectivity index (χ0n) is 32.9. The second kappa shape index (κ2) is 19.5. The first kappa shape index (κ1) is 41.8. The van der Waals surface area contributed by atoms with Gasteiger partial charge in [-0.25, -0.2) is 0 Å². The van der Waals surface area contributed by atoms with E-state index in [4.69, 9.17) is 0 Å². The molecule has 6 aromatic rings. The molecule has 0 radical (unpaired) electrons. The molecule has 0 fully saturated rings. The second-order valence-corrected chi connectivity index (χ2v) is 22.5. The molecule has 2 aliphatic rings. The summed E-state index contributed by atoms with van der Waals surface area (Å²) in [6.45, 7) is 7.31. The standard InChI is InChI=1S/C33H33.C15H14.C5H5.2ClH.Zr/c1-23(16-26-10-6-4-7-11-26)24(2)17-28-14-15-32-31(20-28)21-30-18-25(3)29(22-33(30)32)19-27-12-8-5-9-13-27;1-3-8-14(9-4-1)12-7-13-15-10-5-2-6-11-15;1-2-4-5-3-1;;;/h4-15,18,22-24H,16-17,19,21H2,1-3H3;1-6,8-11H,12-13H2;1-5H;2*1H;/q;;;;;+2/p-2. The van der Waals surface area contributed by atoms with Crippen molar-refractivity contribution in [1.29, 1.82) is 0 Å². The number of aryl methyl sites for hydroxylation is 1. The fourth-order valence-corrected chi connectivity index (χ4v) is 17.9. The molecule has 2 unspecified atom stereocenters. The third-order valence-corrected chi connectivity index (χ3v) is 20.2. The van der Waals surface area contributed by atoms with Crippen molar-refractivity contribution >= 4 is 6.48 Å². The first-order valence-electron chi connectivity index (χ1n) is 20.0. The molecule has 2 aliphatic carbocycles. The molecule has 0 aliphatic heterocycles. The van der Waals surface area contributed by atoms with Crippen LogP contribution in [0.1, 0.15) is 63.9 Å². The van der Waals surface area contributed by atoms with Gasteiger partial charge >= 0.3 is 334 Å². The largest absolute Gasteiger partial charge is 1.00 e. The van der Waals surface area contributed by atoms with Gasteiger partial charge < -0.3 is 24.8 Å². The van der Waals surface area contributed by atoms with Gasteiger partial charge in [0.2, 0.25) is 0 Å². The summed E-state index contributed by atoms with van der Waals surface area (Å²) in [5.74, 6) is 1.15. The molecular weight excluding hydrogens is 799 g/mol. The molecule has 8 rings (SSSR count). The zero-order chi connectivity index (χ0) is 36.9. The Balaban J connectivity index is 0.00000266. The monoisotopic (exact) mass is 848 g/mol. The van der Waals surface area contributed by atoms with Crippen LogP contribution in [0.15, 0.2) is 170 Å². The minimum absolute atomic E-state index is 0. The van der Waals surface area contributed by atoms with E-state index in [-0.39, 0.29) is 24.8 Å². The summed E-state index contributed by atoms with van der Waals surface area (Å²) in [5, 5.41) is 0. The Hall–Kier alpha value is -3.87.